The van der Waals surface area contributed by atoms with Crippen LogP contribution in [-0.4, -0.2) is 16.5 Å². The number of ketones is 1. The maximum atomic E-state index is 11.3. The Morgan fingerprint density at radius 3 is 2.08 bits per heavy atom. The molecule has 0 heterocycles. The van der Waals surface area contributed by atoms with Crippen molar-refractivity contribution in [2.24, 2.45) is 0 Å². The van der Waals surface area contributed by atoms with Gasteiger partial charge < -0.3 is 19.0 Å². The standard InChI is InChI=1S/C10H10O2.Y/c1-10(2,12)9(11)8-6-4-3-5-7-8;/h3-7,12H,1-2H2;/q-2;. The maximum absolute atomic E-state index is 11.3. The third-order valence-electron chi connectivity index (χ3n) is 1.46. The van der Waals surface area contributed by atoms with Gasteiger partial charge in [-0.25, -0.2) is 0 Å². The third kappa shape index (κ3) is 3.67. The molecule has 67 valence electrons. The Kier molecular flexibility index (Phi) is 4.97. The van der Waals surface area contributed by atoms with E-state index in [1.165, 1.54) is 0 Å². The summed E-state index contributed by atoms with van der Waals surface area (Å²) in [5.41, 5.74) is -1.36. The molecule has 1 radical (unpaired) electrons. The third-order valence-corrected chi connectivity index (χ3v) is 1.46. The van der Waals surface area contributed by atoms with Gasteiger partial charge in [0.2, 0.25) is 0 Å². The Balaban J connectivity index is 0.00000144. The molecule has 0 saturated carbocycles. The molecule has 0 unspecified atom stereocenters. The number of carbonyl (C=O) groups excluding carboxylic acids is 1. The minimum absolute atomic E-state index is 0. The predicted octanol–water partition coefficient (Wildman–Crippen LogP) is 1.27. The van der Waals surface area contributed by atoms with Gasteiger partial charge in [0.25, 0.3) is 0 Å². The maximum Gasteiger partial charge on any atom is 0.133 e. The summed E-state index contributed by atoms with van der Waals surface area (Å²) >= 11 is 0. The van der Waals surface area contributed by atoms with Crippen molar-refractivity contribution in [3.8, 4) is 0 Å². The van der Waals surface area contributed by atoms with Crippen molar-refractivity contribution in [3.63, 3.8) is 0 Å². The Labute approximate surface area is 103 Å². The SMILES string of the molecule is [CH2-]C([CH2-])(O)C(=O)c1ccccc1.[Y]. The van der Waals surface area contributed by atoms with Crippen molar-refractivity contribution in [1.29, 1.82) is 0 Å². The van der Waals surface area contributed by atoms with Gasteiger partial charge in [0.05, 0.1) is 0 Å². The van der Waals surface area contributed by atoms with Crippen LogP contribution in [0.25, 0.3) is 0 Å². The summed E-state index contributed by atoms with van der Waals surface area (Å²) in [4.78, 5) is 11.3. The minimum Gasteiger partial charge on any atom is -0.445 e. The van der Waals surface area contributed by atoms with E-state index in [1.807, 2.05) is 0 Å². The molecule has 1 aromatic carbocycles. The van der Waals surface area contributed by atoms with E-state index in [-0.39, 0.29) is 32.7 Å². The van der Waals surface area contributed by atoms with Crippen LogP contribution in [-0.2, 0) is 32.7 Å². The number of rotatable bonds is 2. The summed E-state index contributed by atoms with van der Waals surface area (Å²) in [5.74, 6) is -0.469. The number of hydrogen-bond donors (Lipinski definition) is 1. The van der Waals surface area contributed by atoms with Gasteiger partial charge >= 0.3 is 0 Å². The largest absolute Gasteiger partial charge is 0.445 e. The van der Waals surface area contributed by atoms with Crippen molar-refractivity contribution in [2.75, 3.05) is 0 Å². The first-order chi connectivity index (χ1) is 5.52. The molecule has 13 heavy (non-hydrogen) atoms. The molecule has 1 aromatic rings. The summed E-state index contributed by atoms with van der Waals surface area (Å²) in [7, 11) is 0. The van der Waals surface area contributed by atoms with Gasteiger partial charge in [0, 0.05) is 38.3 Å². The monoisotopic (exact) mass is 251 g/mol. The molecule has 0 bridgehead atoms. The van der Waals surface area contributed by atoms with E-state index in [0.29, 0.717) is 5.56 Å². The zero-order valence-electron chi connectivity index (χ0n) is 7.23. The molecule has 2 nitrogen and oxygen atoms in total. The van der Waals surface area contributed by atoms with Gasteiger partial charge in [0.15, 0.2) is 0 Å². The number of benzene rings is 1. The molecule has 0 fully saturated rings. The van der Waals surface area contributed by atoms with Crippen LogP contribution in [0.2, 0.25) is 0 Å². The molecule has 0 aliphatic heterocycles. The molecular formula is C10H10O2Y-2. The van der Waals surface area contributed by atoms with Crippen molar-refractivity contribution in [2.45, 2.75) is 5.60 Å². The fraction of sp³-hybridized carbons (Fsp3) is 0.100. The molecule has 0 aliphatic rings. The first-order valence-electron chi connectivity index (χ1n) is 3.55. The fourth-order valence-corrected chi connectivity index (χ4v) is 0.858. The zero-order chi connectivity index (χ0) is 9.19. The van der Waals surface area contributed by atoms with Crippen LogP contribution in [0.1, 0.15) is 10.4 Å². The van der Waals surface area contributed by atoms with E-state index in [2.05, 4.69) is 13.8 Å². The normalized spacial score (nSPS) is 10.4. The summed E-state index contributed by atoms with van der Waals surface area (Å²) < 4.78 is 0. The summed E-state index contributed by atoms with van der Waals surface area (Å²) in [6.45, 7) is 6.48. The summed E-state index contributed by atoms with van der Waals surface area (Å²) in [6, 6.07) is 8.47. The average Bonchev–Trinajstić information content (AvgIpc) is 2.03. The zero-order valence-corrected chi connectivity index (χ0v) is 10.1. The Morgan fingerprint density at radius 1 is 1.23 bits per heavy atom. The molecule has 0 spiro atoms. The fourth-order valence-electron chi connectivity index (χ4n) is 0.858. The smallest absolute Gasteiger partial charge is 0.133 e. The van der Waals surface area contributed by atoms with E-state index in [0.717, 1.165) is 0 Å². The molecule has 1 rings (SSSR count). The van der Waals surface area contributed by atoms with Crippen LogP contribution < -0.4 is 0 Å². The van der Waals surface area contributed by atoms with E-state index in [9.17, 15) is 4.79 Å². The van der Waals surface area contributed by atoms with Gasteiger partial charge in [0.1, 0.15) is 5.78 Å². The van der Waals surface area contributed by atoms with Gasteiger partial charge in [-0.3, -0.25) is 4.79 Å². The van der Waals surface area contributed by atoms with Gasteiger partial charge in [-0.1, -0.05) is 30.3 Å². The van der Waals surface area contributed by atoms with Crippen molar-refractivity contribution in [3.05, 3.63) is 49.7 Å². The van der Waals surface area contributed by atoms with E-state index in [4.69, 9.17) is 5.11 Å². The first-order valence-corrected chi connectivity index (χ1v) is 3.55. The predicted molar refractivity (Wildman–Crippen MR) is 46.4 cm³/mol. The Hall–Kier alpha value is -0.0461. The van der Waals surface area contributed by atoms with E-state index in [1.54, 1.807) is 30.3 Å². The van der Waals surface area contributed by atoms with Crippen LogP contribution >= 0.6 is 0 Å². The number of hydrogen-bond acceptors (Lipinski definition) is 2. The van der Waals surface area contributed by atoms with Gasteiger partial charge in [-0.05, 0) is 0 Å². The topological polar surface area (TPSA) is 37.3 Å². The van der Waals surface area contributed by atoms with Gasteiger partial charge in [-0.2, -0.15) is 0 Å². The molecule has 1 N–H and O–H groups in total. The summed E-state index contributed by atoms with van der Waals surface area (Å²) in [5, 5.41) is 9.17. The van der Waals surface area contributed by atoms with Crippen molar-refractivity contribution in [1.82, 2.24) is 0 Å². The van der Waals surface area contributed by atoms with Crippen LogP contribution in [0.15, 0.2) is 30.3 Å². The van der Waals surface area contributed by atoms with Crippen LogP contribution in [0, 0.1) is 13.8 Å². The molecule has 0 atom stereocenters. The summed E-state index contributed by atoms with van der Waals surface area (Å²) in [6.07, 6.45) is 0. The van der Waals surface area contributed by atoms with Crippen molar-refractivity contribution < 1.29 is 42.6 Å². The number of Topliss-reactive ketones (excluding diaryl/α,β-unsaturated/α-hetero) is 1. The molecule has 0 saturated heterocycles. The minimum atomic E-state index is -1.78. The second kappa shape index (κ2) is 4.99. The van der Waals surface area contributed by atoms with Gasteiger partial charge in [-0.15, -0.1) is 5.60 Å². The Bertz CT molecular complexity index is 275. The molecule has 3 heteroatoms. The number of carbonyl (C=O) groups is 1. The molecule has 0 amide bonds. The quantitative estimate of drug-likeness (QED) is 0.634. The number of aliphatic hydroxyl groups is 1. The second-order valence-electron chi connectivity index (χ2n) is 2.73. The van der Waals surface area contributed by atoms with Crippen LogP contribution in [0.5, 0.6) is 0 Å². The first kappa shape index (κ1) is 13.0. The van der Waals surface area contributed by atoms with Crippen molar-refractivity contribution >= 4 is 5.78 Å². The second-order valence-corrected chi connectivity index (χ2v) is 2.73. The molecule has 0 aliphatic carbocycles. The molecule has 0 aromatic heterocycles. The van der Waals surface area contributed by atoms with E-state index >= 15 is 0 Å². The Morgan fingerprint density at radius 2 is 1.69 bits per heavy atom. The van der Waals surface area contributed by atoms with Crippen LogP contribution in [0.3, 0.4) is 0 Å². The molecular weight excluding hydrogens is 241 g/mol. The van der Waals surface area contributed by atoms with Crippen LogP contribution in [0.4, 0.5) is 0 Å². The average molecular weight is 251 g/mol. The van der Waals surface area contributed by atoms with E-state index < -0.39 is 11.4 Å².